The molecule has 6 nitrogen and oxygen atoms in total. The van der Waals surface area contributed by atoms with Crippen molar-refractivity contribution in [3.63, 3.8) is 0 Å². The van der Waals surface area contributed by atoms with Gasteiger partial charge in [-0.3, -0.25) is 9.78 Å². The van der Waals surface area contributed by atoms with E-state index in [1.54, 1.807) is 36.8 Å². The van der Waals surface area contributed by atoms with Gasteiger partial charge in [-0.1, -0.05) is 84.0 Å². The lowest BCUT2D eigenvalue weighted by Crippen LogP contribution is -2.26. The lowest BCUT2D eigenvalue weighted by molar-refractivity contribution is 0.112. The maximum atomic E-state index is 13.1. The number of hydrogen-bond donors (Lipinski definition) is 1. The number of carbonyl (C=O) groups excluding carboxylic acids is 2. The van der Waals surface area contributed by atoms with E-state index in [2.05, 4.69) is 39.6 Å². The first-order chi connectivity index (χ1) is 20.1. The minimum atomic E-state index is -0.536. The zero-order valence-corrected chi connectivity index (χ0v) is 23.4. The number of carbonyl (C=O) groups is 2. The lowest BCUT2D eigenvalue weighted by Gasteiger charge is -2.18. The van der Waals surface area contributed by atoms with E-state index in [0.29, 0.717) is 20.5 Å². The van der Waals surface area contributed by atoms with Gasteiger partial charge in [-0.2, -0.15) is 0 Å². The van der Waals surface area contributed by atoms with Gasteiger partial charge < -0.3 is 10.1 Å². The fraction of sp³-hybridized carbons (Fsp3) is 0.0909. The molecule has 1 aliphatic carbocycles. The quantitative estimate of drug-likeness (QED) is 0.189. The summed E-state index contributed by atoms with van der Waals surface area (Å²) in [6, 6.07) is 27.3. The van der Waals surface area contributed by atoms with E-state index in [0.717, 1.165) is 34.1 Å². The average molecular weight is 578 g/mol. The molecular formula is C33H24ClN3O3S. The van der Waals surface area contributed by atoms with Crippen LogP contribution >= 0.6 is 23.4 Å². The van der Waals surface area contributed by atoms with Crippen LogP contribution < -0.4 is 5.32 Å². The molecule has 1 aliphatic rings. The summed E-state index contributed by atoms with van der Waals surface area (Å²) in [5, 5.41) is 3.92. The van der Waals surface area contributed by atoms with Gasteiger partial charge in [0.05, 0.1) is 5.02 Å². The van der Waals surface area contributed by atoms with Crippen molar-refractivity contribution in [1.29, 1.82) is 0 Å². The van der Waals surface area contributed by atoms with Crippen LogP contribution in [0.3, 0.4) is 0 Å². The molecule has 2 aromatic heterocycles. The molecular weight excluding hydrogens is 554 g/mol. The molecule has 0 aliphatic heterocycles. The number of ether oxygens (including phenoxy) is 1. The number of aromatic nitrogens is 2. The minimum absolute atomic E-state index is 0.0395. The van der Waals surface area contributed by atoms with E-state index in [4.69, 9.17) is 16.3 Å². The number of amides is 1. The van der Waals surface area contributed by atoms with Crippen LogP contribution in [0, 0.1) is 0 Å². The van der Waals surface area contributed by atoms with Crippen LogP contribution in [0.5, 0.6) is 0 Å². The third-order valence-electron chi connectivity index (χ3n) is 7.06. The van der Waals surface area contributed by atoms with Crippen molar-refractivity contribution < 1.29 is 14.3 Å². The van der Waals surface area contributed by atoms with Crippen LogP contribution in [-0.4, -0.2) is 29.0 Å². The smallest absolute Gasteiger partial charge is 0.407 e. The molecule has 0 spiro atoms. The Hall–Kier alpha value is -4.46. The number of benzene rings is 3. The Balaban J connectivity index is 1.25. The number of halogens is 1. The molecule has 0 saturated heterocycles. The standard InChI is InChI=1S/C33H24ClN3O3S/c34-30-14-13-23(21-7-5-15-35-17-21)28(31(30)41-32-22(19-38)8-6-16-36-32)18-37-33(39)40-20-29-26-11-3-1-9-24(26)25-10-2-4-12-27(25)29/h1-17,19,29H,18,20H2,(H,37,39). The first-order valence-electron chi connectivity index (χ1n) is 13.0. The van der Waals surface area contributed by atoms with Crippen molar-refractivity contribution >= 4 is 35.7 Å². The summed E-state index contributed by atoms with van der Waals surface area (Å²) < 4.78 is 5.77. The topological polar surface area (TPSA) is 81.2 Å². The molecule has 2 heterocycles. The first kappa shape index (κ1) is 26.7. The second-order valence-corrected chi connectivity index (χ2v) is 10.8. The Bertz CT molecular complexity index is 1700. The maximum Gasteiger partial charge on any atom is 0.407 e. The summed E-state index contributed by atoms with van der Waals surface area (Å²) in [5.41, 5.74) is 7.58. The Labute approximate surface area is 246 Å². The summed E-state index contributed by atoms with van der Waals surface area (Å²) >= 11 is 7.98. The zero-order chi connectivity index (χ0) is 28.2. The second kappa shape index (κ2) is 12.0. The van der Waals surface area contributed by atoms with Crippen molar-refractivity contribution in [3.8, 4) is 22.3 Å². The number of aldehydes is 1. The largest absolute Gasteiger partial charge is 0.449 e. The van der Waals surface area contributed by atoms with Gasteiger partial charge in [0.1, 0.15) is 11.6 Å². The van der Waals surface area contributed by atoms with Crippen molar-refractivity contribution in [2.75, 3.05) is 6.61 Å². The molecule has 0 radical (unpaired) electrons. The molecule has 1 amide bonds. The summed E-state index contributed by atoms with van der Waals surface area (Å²) in [5.74, 6) is -0.0395. The monoisotopic (exact) mass is 577 g/mol. The zero-order valence-electron chi connectivity index (χ0n) is 21.8. The molecule has 1 N–H and O–H groups in total. The van der Waals surface area contributed by atoms with Crippen LogP contribution in [0.4, 0.5) is 4.79 Å². The number of nitrogens with one attached hydrogen (secondary N) is 1. The highest BCUT2D eigenvalue weighted by atomic mass is 35.5. The van der Waals surface area contributed by atoms with Gasteiger partial charge in [-0.05, 0) is 57.6 Å². The number of fused-ring (bicyclic) bond motifs is 3. The van der Waals surface area contributed by atoms with Crippen molar-refractivity contribution in [3.05, 3.63) is 131 Å². The van der Waals surface area contributed by atoms with Gasteiger partial charge in [-0.15, -0.1) is 0 Å². The Kier molecular flexibility index (Phi) is 7.80. The summed E-state index contributed by atoms with van der Waals surface area (Å²) in [6.07, 6.45) is 5.32. The predicted octanol–water partition coefficient (Wildman–Crippen LogP) is 7.80. The highest BCUT2D eigenvalue weighted by Crippen LogP contribution is 2.45. The number of rotatable bonds is 8. The number of hydrogen-bond acceptors (Lipinski definition) is 6. The number of nitrogens with zero attached hydrogens (tertiary/aromatic N) is 2. The Morgan fingerprint density at radius 1 is 0.902 bits per heavy atom. The molecule has 0 saturated carbocycles. The molecule has 3 aromatic carbocycles. The fourth-order valence-corrected chi connectivity index (χ4v) is 6.47. The van der Waals surface area contributed by atoms with Crippen molar-refractivity contribution in [1.82, 2.24) is 15.3 Å². The SMILES string of the molecule is O=Cc1cccnc1Sc1c(Cl)ccc(-c2cccnc2)c1CNC(=O)OCC1c2ccccc2-c2ccccc21. The van der Waals surface area contributed by atoms with Gasteiger partial charge in [0, 0.05) is 47.1 Å². The van der Waals surface area contributed by atoms with Crippen molar-refractivity contribution in [2.24, 2.45) is 0 Å². The molecule has 0 unspecified atom stereocenters. The van der Waals surface area contributed by atoms with Crippen LogP contribution in [0.1, 0.15) is 33.0 Å². The van der Waals surface area contributed by atoms with Crippen molar-refractivity contribution in [2.45, 2.75) is 22.4 Å². The van der Waals surface area contributed by atoms with Crippen LogP contribution in [0.15, 0.2) is 113 Å². The second-order valence-electron chi connectivity index (χ2n) is 9.44. The van der Waals surface area contributed by atoms with Crippen LogP contribution in [0.25, 0.3) is 22.3 Å². The first-order valence-corrected chi connectivity index (χ1v) is 14.2. The third kappa shape index (κ3) is 5.46. The molecule has 202 valence electrons. The molecule has 41 heavy (non-hydrogen) atoms. The van der Waals surface area contributed by atoms with Gasteiger partial charge in [0.15, 0.2) is 6.29 Å². The summed E-state index contributed by atoms with van der Waals surface area (Å²) in [4.78, 5) is 34.0. The normalized spacial score (nSPS) is 11.9. The maximum absolute atomic E-state index is 13.1. The molecule has 0 atom stereocenters. The molecule has 6 rings (SSSR count). The highest BCUT2D eigenvalue weighted by Gasteiger charge is 2.29. The minimum Gasteiger partial charge on any atom is -0.449 e. The van der Waals surface area contributed by atoms with E-state index in [1.165, 1.54) is 22.9 Å². The van der Waals surface area contributed by atoms with Gasteiger partial charge in [-0.25, -0.2) is 9.78 Å². The van der Waals surface area contributed by atoms with Gasteiger partial charge >= 0.3 is 6.09 Å². The molecule has 0 fully saturated rings. The van der Waals surface area contributed by atoms with E-state index >= 15 is 0 Å². The summed E-state index contributed by atoms with van der Waals surface area (Å²) in [7, 11) is 0. The average Bonchev–Trinajstić information content (AvgIpc) is 3.34. The Morgan fingerprint density at radius 3 is 2.34 bits per heavy atom. The van der Waals surface area contributed by atoms with Gasteiger partial charge in [0.25, 0.3) is 0 Å². The number of alkyl carbamates (subject to hydrolysis) is 1. The van der Waals surface area contributed by atoms with E-state index in [-0.39, 0.29) is 19.1 Å². The van der Waals surface area contributed by atoms with Crippen LogP contribution in [-0.2, 0) is 11.3 Å². The van der Waals surface area contributed by atoms with Crippen LogP contribution in [0.2, 0.25) is 5.02 Å². The molecule has 5 aromatic rings. The third-order valence-corrected chi connectivity index (χ3v) is 8.70. The Morgan fingerprint density at radius 2 is 1.63 bits per heavy atom. The predicted molar refractivity (Wildman–Crippen MR) is 160 cm³/mol. The lowest BCUT2D eigenvalue weighted by atomic mass is 9.98. The molecule has 0 bridgehead atoms. The van der Waals surface area contributed by atoms with Gasteiger partial charge in [0.2, 0.25) is 0 Å². The molecule has 8 heteroatoms. The number of pyridine rings is 2. The summed E-state index contributed by atoms with van der Waals surface area (Å²) in [6.45, 7) is 0.357. The van der Waals surface area contributed by atoms with E-state index in [1.807, 2.05) is 42.5 Å². The highest BCUT2D eigenvalue weighted by molar-refractivity contribution is 7.99. The van der Waals surface area contributed by atoms with E-state index < -0.39 is 6.09 Å². The van der Waals surface area contributed by atoms with E-state index in [9.17, 15) is 9.59 Å². The fourth-order valence-electron chi connectivity index (χ4n) is 5.16.